The molecular weight excluding hydrogens is 191 g/mol. The van der Waals surface area contributed by atoms with Gasteiger partial charge >= 0.3 is 18.1 Å². The summed E-state index contributed by atoms with van der Waals surface area (Å²) in [4.78, 5) is 19.5. The molecule has 7 heteroatoms. The van der Waals surface area contributed by atoms with Crippen LogP contribution in [0.25, 0.3) is 0 Å². The van der Waals surface area contributed by atoms with Crippen molar-refractivity contribution >= 4 is 11.9 Å². The van der Waals surface area contributed by atoms with Crippen molar-refractivity contribution in [3.05, 3.63) is 0 Å². The second-order valence-electron chi connectivity index (χ2n) is 1.60. The van der Waals surface area contributed by atoms with Gasteiger partial charge in [-0.2, -0.15) is 18.4 Å². The monoisotopic (exact) mass is 197 g/mol. The van der Waals surface area contributed by atoms with Crippen LogP contribution in [0, 0.1) is 11.3 Å². The summed E-state index contributed by atoms with van der Waals surface area (Å²) in [6.07, 6.45) is -5.09. The number of esters is 2. The summed E-state index contributed by atoms with van der Waals surface area (Å²) in [5.74, 6) is -3.76. The molecule has 0 unspecified atom stereocenters. The maximum atomic E-state index is 11.2. The molecule has 0 spiro atoms. The standard InChI is InChI=1S/C4H3F3O3.C2H3N/c1-2(8)10-3(9)4(5,6)7;1-2-3/h1H3;1H3. The smallest absolute Gasteiger partial charge is 0.387 e. The van der Waals surface area contributed by atoms with Gasteiger partial charge in [-0.3, -0.25) is 4.79 Å². The molecule has 0 atom stereocenters. The minimum Gasteiger partial charge on any atom is -0.387 e. The topological polar surface area (TPSA) is 67.2 Å². The van der Waals surface area contributed by atoms with E-state index in [9.17, 15) is 22.8 Å². The van der Waals surface area contributed by atoms with Gasteiger partial charge in [0.1, 0.15) is 0 Å². The first kappa shape index (κ1) is 14.0. The Kier molecular flexibility index (Phi) is 6.44. The van der Waals surface area contributed by atoms with Crippen molar-refractivity contribution in [2.75, 3.05) is 0 Å². The zero-order valence-corrected chi connectivity index (χ0v) is 6.81. The number of rotatable bonds is 0. The Hall–Kier alpha value is -1.58. The average Bonchev–Trinajstić information content (AvgIpc) is 1.85. The van der Waals surface area contributed by atoms with Gasteiger partial charge in [0.05, 0.1) is 6.07 Å². The quantitative estimate of drug-likeness (QED) is 0.431. The fraction of sp³-hybridized carbons (Fsp3) is 0.500. The summed E-state index contributed by atoms with van der Waals surface area (Å²) in [7, 11) is 0. The largest absolute Gasteiger partial charge is 0.491 e. The number of nitrogens with zero attached hydrogens (tertiary/aromatic N) is 1. The van der Waals surface area contributed by atoms with E-state index in [-0.39, 0.29) is 0 Å². The Bertz CT molecular complexity index is 228. The number of carbonyl (C=O) groups excluding carboxylic acids is 2. The zero-order valence-electron chi connectivity index (χ0n) is 6.81. The molecule has 0 aromatic carbocycles. The summed E-state index contributed by atoms with van der Waals surface area (Å²) in [6.45, 7) is 2.14. The van der Waals surface area contributed by atoms with Crippen molar-refractivity contribution in [3.8, 4) is 6.07 Å². The number of halogens is 3. The molecule has 0 bridgehead atoms. The van der Waals surface area contributed by atoms with Gasteiger partial charge in [-0.1, -0.05) is 0 Å². The molecule has 0 saturated heterocycles. The molecule has 0 aliphatic rings. The molecule has 13 heavy (non-hydrogen) atoms. The summed E-state index contributed by atoms with van der Waals surface area (Å²) < 4.78 is 36.8. The summed E-state index contributed by atoms with van der Waals surface area (Å²) in [6, 6.07) is 1.75. The molecule has 0 saturated carbocycles. The van der Waals surface area contributed by atoms with Crippen molar-refractivity contribution < 1.29 is 27.5 Å². The fourth-order valence-electron chi connectivity index (χ4n) is 0.188. The highest BCUT2D eigenvalue weighted by Crippen LogP contribution is 2.16. The number of hydrogen-bond donors (Lipinski definition) is 0. The number of carbonyl (C=O) groups is 2. The van der Waals surface area contributed by atoms with Crippen LogP contribution in [0.4, 0.5) is 13.2 Å². The van der Waals surface area contributed by atoms with Crippen LogP contribution in [0.5, 0.6) is 0 Å². The molecule has 74 valence electrons. The molecule has 0 aliphatic carbocycles. The van der Waals surface area contributed by atoms with E-state index in [4.69, 9.17) is 5.26 Å². The number of hydrogen-bond acceptors (Lipinski definition) is 4. The molecule has 0 aromatic heterocycles. The van der Waals surface area contributed by atoms with Gasteiger partial charge in [0.25, 0.3) is 0 Å². The lowest BCUT2D eigenvalue weighted by Crippen LogP contribution is -2.26. The highest BCUT2D eigenvalue weighted by atomic mass is 19.4. The summed E-state index contributed by atoms with van der Waals surface area (Å²) >= 11 is 0. The summed E-state index contributed by atoms with van der Waals surface area (Å²) in [5, 5.41) is 7.32. The SMILES string of the molecule is CC#N.CC(=O)OC(=O)C(F)(F)F. The van der Waals surface area contributed by atoms with Gasteiger partial charge in [0.2, 0.25) is 0 Å². The fourth-order valence-corrected chi connectivity index (χ4v) is 0.188. The third kappa shape index (κ3) is 10.4. The lowest BCUT2D eigenvalue weighted by molar-refractivity contribution is -0.201. The van der Waals surface area contributed by atoms with Gasteiger partial charge in [-0.15, -0.1) is 0 Å². The minimum absolute atomic E-state index is 0.712. The number of ether oxygens (including phenoxy) is 1. The molecule has 0 aliphatic heterocycles. The Balaban J connectivity index is 0. The van der Waals surface area contributed by atoms with E-state index in [1.807, 2.05) is 0 Å². The van der Waals surface area contributed by atoms with Crippen LogP contribution in [0.15, 0.2) is 0 Å². The third-order valence-electron chi connectivity index (χ3n) is 0.468. The lowest BCUT2D eigenvalue weighted by Gasteiger charge is -2.01. The van der Waals surface area contributed by atoms with E-state index in [2.05, 4.69) is 4.74 Å². The van der Waals surface area contributed by atoms with Crippen LogP contribution < -0.4 is 0 Å². The zero-order chi connectivity index (χ0) is 11.1. The van der Waals surface area contributed by atoms with Crippen molar-refractivity contribution in [1.29, 1.82) is 5.26 Å². The number of alkyl halides is 3. The second kappa shape index (κ2) is 5.99. The van der Waals surface area contributed by atoms with Gasteiger partial charge < -0.3 is 4.74 Å². The van der Waals surface area contributed by atoms with Crippen LogP contribution in [-0.2, 0) is 14.3 Å². The van der Waals surface area contributed by atoms with Gasteiger partial charge in [-0.05, 0) is 0 Å². The highest BCUT2D eigenvalue weighted by Gasteiger charge is 2.41. The van der Waals surface area contributed by atoms with Crippen molar-refractivity contribution in [3.63, 3.8) is 0 Å². The van der Waals surface area contributed by atoms with Crippen LogP contribution in [0.2, 0.25) is 0 Å². The second-order valence-corrected chi connectivity index (χ2v) is 1.60. The van der Waals surface area contributed by atoms with Crippen molar-refractivity contribution in [2.45, 2.75) is 20.0 Å². The van der Waals surface area contributed by atoms with Gasteiger partial charge in [0, 0.05) is 13.8 Å². The van der Waals surface area contributed by atoms with E-state index < -0.39 is 18.1 Å². The van der Waals surface area contributed by atoms with Gasteiger partial charge in [-0.25, -0.2) is 4.79 Å². The molecule has 0 N–H and O–H groups in total. The first-order valence-electron chi connectivity index (χ1n) is 2.86. The predicted octanol–water partition coefficient (Wildman–Crippen LogP) is 1.17. The normalized spacial score (nSPS) is 8.92. The first-order valence-corrected chi connectivity index (χ1v) is 2.86. The highest BCUT2D eigenvalue weighted by molar-refractivity contribution is 5.87. The van der Waals surface area contributed by atoms with Crippen LogP contribution in [-0.4, -0.2) is 18.1 Å². The van der Waals surface area contributed by atoms with Crippen LogP contribution in [0.3, 0.4) is 0 Å². The maximum absolute atomic E-state index is 11.2. The predicted molar refractivity (Wildman–Crippen MR) is 34.1 cm³/mol. The van der Waals surface area contributed by atoms with E-state index >= 15 is 0 Å². The Labute approximate surface area is 71.9 Å². The molecule has 0 rings (SSSR count). The lowest BCUT2D eigenvalue weighted by atomic mass is 10.6. The molecule has 4 nitrogen and oxygen atoms in total. The maximum Gasteiger partial charge on any atom is 0.491 e. The van der Waals surface area contributed by atoms with Crippen LogP contribution in [0.1, 0.15) is 13.8 Å². The first-order chi connectivity index (χ1) is 5.75. The Morgan fingerprint density at radius 2 is 1.69 bits per heavy atom. The molecule has 0 amide bonds. The van der Waals surface area contributed by atoms with Gasteiger partial charge in [0.15, 0.2) is 0 Å². The van der Waals surface area contributed by atoms with E-state index in [1.165, 1.54) is 6.92 Å². The van der Waals surface area contributed by atoms with Crippen molar-refractivity contribution in [2.24, 2.45) is 0 Å². The summed E-state index contributed by atoms with van der Waals surface area (Å²) in [5.41, 5.74) is 0. The Morgan fingerprint density at radius 1 is 1.38 bits per heavy atom. The molecular formula is C6H6F3NO3. The number of nitriles is 1. The molecule has 0 radical (unpaired) electrons. The van der Waals surface area contributed by atoms with Crippen LogP contribution >= 0.6 is 0 Å². The minimum atomic E-state index is -5.09. The van der Waals surface area contributed by atoms with E-state index in [0.717, 1.165) is 0 Å². The Morgan fingerprint density at radius 3 is 1.77 bits per heavy atom. The average molecular weight is 197 g/mol. The third-order valence-corrected chi connectivity index (χ3v) is 0.468. The molecule has 0 fully saturated rings. The van der Waals surface area contributed by atoms with E-state index in [0.29, 0.717) is 6.92 Å². The molecule has 0 aromatic rings. The molecule has 0 heterocycles. The van der Waals surface area contributed by atoms with Crippen molar-refractivity contribution in [1.82, 2.24) is 0 Å². The van der Waals surface area contributed by atoms with E-state index in [1.54, 1.807) is 6.07 Å².